The summed E-state index contributed by atoms with van der Waals surface area (Å²) in [5.74, 6) is 3.18. The quantitative estimate of drug-likeness (QED) is 0.456. The van der Waals surface area contributed by atoms with Crippen LogP contribution in [0.15, 0.2) is 48.5 Å². The summed E-state index contributed by atoms with van der Waals surface area (Å²) >= 11 is 9.51. The average Bonchev–Trinajstić information content (AvgIpc) is 3.24. The van der Waals surface area contributed by atoms with Crippen LogP contribution in [0.25, 0.3) is 15.5 Å². The van der Waals surface area contributed by atoms with Crippen LogP contribution in [0.5, 0.6) is 5.75 Å². The molecule has 0 aliphatic rings. The minimum Gasteiger partial charge on any atom is -0.495 e. The Balaban J connectivity index is 1.52. The van der Waals surface area contributed by atoms with E-state index in [0.29, 0.717) is 10.8 Å². The molecule has 0 aliphatic heterocycles. The van der Waals surface area contributed by atoms with Gasteiger partial charge in [-0.15, -0.1) is 22.0 Å². The van der Waals surface area contributed by atoms with Crippen LogP contribution in [0.1, 0.15) is 11.4 Å². The van der Waals surface area contributed by atoms with Crippen molar-refractivity contribution in [1.82, 2.24) is 19.8 Å². The van der Waals surface area contributed by atoms with Gasteiger partial charge in [-0.1, -0.05) is 53.3 Å². The molecule has 26 heavy (non-hydrogen) atoms. The predicted octanol–water partition coefficient (Wildman–Crippen LogP) is 4.95. The summed E-state index contributed by atoms with van der Waals surface area (Å²) in [6.45, 7) is 0. The first kappa shape index (κ1) is 17.3. The summed E-state index contributed by atoms with van der Waals surface area (Å²) in [5, 5.41) is 14.6. The van der Waals surface area contributed by atoms with Crippen LogP contribution < -0.4 is 4.74 Å². The molecule has 8 heteroatoms. The summed E-state index contributed by atoms with van der Waals surface area (Å²) in [6.07, 6.45) is 0. The molecule has 2 heterocycles. The SMILES string of the molecule is COc1ccc(-c2nn3c(CSCc4ccccc4)nnc3s2)cc1Cl. The summed E-state index contributed by atoms with van der Waals surface area (Å²) in [6, 6.07) is 16.0. The number of ether oxygens (including phenoxy) is 1. The number of methoxy groups -OCH3 is 1. The first-order valence-electron chi connectivity index (χ1n) is 7.91. The van der Waals surface area contributed by atoms with E-state index in [4.69, 9.17) is 16.3 Å². The number of hydrogen-bond acceptors (Lipinski definition) is 6. The van der Waals surface area contributed by atoms with Crippen molar-refractivity contribution in [2.24, 2.45) is 0 Å². The van der Waals surface area contributed by atoms with Gasteiger partial charge in [0.1, 0.15) is 10.8 Å². The largest absolute Gasteiger partial charge is 0.495 e. The van der Waals surface area contributed by atoms with Crippen molar-refractivity contribution in [1.29, 1.82) is 0 Å². The molecule has 0 unspecified atom stereocenters. The molecule has 0 bridgehead atoms. The van der Waals surface area contributed by atoms with E-state index in [9.17, 15) is 0 Å². The Morgan fingerprint density at radius 3 is 2.73 bits per heavy atom. The second kappa shape index (κ2) is 7.65. The number of thioether (sulfide) groups is 1. The lowest BCUT2D eigenvalue weighted by molar-refractivity contribution is 0.415. The highest BCUT2D eigenvalue weighted by Crippen LogP contribution is 2.32. The van der Waals surface area contributed by atoms with Crippen molar-refractivity contribution in [3.05, 3.63) is 64.9 Å². The zero-order valence-corrected chi connectivity index (χ0v) is 16.3. The van der Waals surface area contributed by atoms with Crippen molar-refractivity contribution in [2.45, 2.75) is 11.5 Å². The number of halogens is 1. The molecule has 132 valence electrons. The third-order valence-corrected chi connectivity index (χ3v) is 6.04. The highest BCUT2D eigenvalue weighted by atomic mass is 35.5. The Morgan fingerprint density at radius 2 is 1.96 bits per heavy atom. The zero-order chi connectivity index (χ0) is 17.9. The van der Waals surface area contributed by atoms with Gasteiger partial charge in [-0.25, -0.2) is 0 Å². The van der Waals surface area contributed by atoms with Crippen molar-refractivity contribution >= 4 is 39.7 Å². The number of hydrogen-bond donors (Lipinski definition) is 0. The smallest absolute Gasteiger partial charge is 0.235 e. The van der Waals surface area contributed by atoms with Crippen LogP contribution in [-0.2, 0) is 11.5 Å². The fourth-order valence-electron chi connectivity index (χ4n) is 2.50. The number of fused-ring (bicyclic) bond motifs is 1. The maximum absolute atomic E-state index is 6.22. The third kappa shape index (κ3) is 3.56. The molecule has 5 nitrogen and oxygen atoms in total. The highest BCUT2D eigenvalue weighted by molar-refractivity contribution is 7.97. The van der Waals surface area contributed by atoms with Crippen LogP contribution in [0.3, 0.4) is 0 Å². The molecule has 0 saturated carbocycles. The van der Waals surface area contributed by atoms with Gasteiger partial charge in [0.15, 0.2) is 5.82 Å². The molecule has 4 rings (SSSR count). The molecule has 2 aromatic heterocycles. The van der Waals surface area contributed by atoms with Crippen LogP contribution in [0.2, 0.25) is 5.02 Å². The van der Waals surface area contributed by atoms with Gasteiger partial charge in [-0.2, -0.15) is 9.61 Å². The lowest BCUT2D eigenvalue weighted by atomic mass is 10.2. The Hall–Kier alpha value is -2.09. The Bertz CT molecular complexity index is 1030. The Kier molecular flexibility index (Phi) is 5.10. The molecule has 0 radical (unpaired) electrons. The van der Waals surface area contributed by atoms with Crippen LogP contribution in [-0.4, -0.2) is 26.9 Å². The van der Waals surface area contributed by atoms with Crippen molar-refractivity contribution < 1.29 is 4.74 Å². The van der Waals surface area contributed by atoms with Gasteiger partial charge in [-0.05, 0) is 23.8 Å². The first-order valence-corrected chi connectivity index (χ1v) is 10.3. The van der Waals surface area contributed by atoms with Gasteiger partial charge >= 0.3 is 0 Å². The molecule has 0 saturated heterocycles. The number of nitrogens with zero attached hydrogens (tertiary/aromatic N) is 4. The molecule has 0 amide bonds. The maximum Gasteiger partial charge on any atom is 0.235 e. The van der Waals surface area contributed by atoms with E-state index in [2.05, 4.69) is 39.6 Å². The zero-order valence-electron chi connectivity index (χ0n) is 13.9. The summed E-state index contributed by atoms with van der Waals surface area (Å²) in [7, 11) is 1.60. The van der Waals surface area contributed by atoms with E-state index in [-0.39, 0.29) is 0 Å². The highest BCUT2D eigenvalue weighted by Gasteiger charge is 2.14. The normalized spacial score (nSPS) is 11.2. The topological polar surface area (TPSA) is 52.3 Å². The van der Waals surface area contributed by atoms with Gasteiger partial charge in [0.05, 0.1) is 17.9 Å². The maximum atomic E-state index is 6.22. The molecule has 0 fully saturated rings. The van der Waals surface area contributed by atoms with Crippen molar-refractivity contribution in [2.75, 3.05) is 7.11 Å². The van der Waals surface area contributed by atoms with E-state index >= 15 is 0 Å². The number of rotatable bonds is 6. The summed E-state index contributed by atoms with van der Waals surface area (Å²) < 4.78 is 7.02. The van der Waals surface area contributed by atoms with Gasteiger partial charge in [-0.3, -0.25) is 0 Å². The molecule has 2 aromatic carbocycles. The second-order valence-electron chi connectivity index (χ2n) is 5.55. The predicted molar refractivity (Wildman–Crippen MR) is 107 cm³/mol. The molecule has 0 atom stereocenters. The van der Waals surface area contributed by atoms with Crippen LogP contribution in [0.4, 0.5) is 0 Å². The summed E-state index contributed by atoms with van der Waals surface area (Å²) in [4.78, 5) is 0.780. The number of aromatic nitrogens is 4. The fraction of sp³-hybridized carbons (Fsp3) is 0.167. The fourth-order valence-corrected chi connectivity index (χ4v) is 4.50. The van der Waals surface area contributed by atoms with E-state index < -0.39 is 0 Å². The van der Waals surface area contributed by atoms with E-state index in [1.165, 1.54) is 16.9 Å². The van der Waals surface area contributed by atoms with E-state index in [1.807, 2.05) is 28.8 Å². The van der Waals surface area contributed by atoms with Gasteiger partial charge in [0, 0.05) is 11.3 Å². The summed E-state index contributed by atoms with van der Waals surface area (Å²) in [5.41, 5.74) is 2.24. The average molecular weight is 403 g/mol. The third-order valence-electron chi connectivity index (χ3n) is 3.80. The van der Waals surface area contributed by atoms with Crippen LogP contribution >= 0.6 is 34.7 Å². The van der Waals surface area contributed by atoms with Gasteiger partial charge in [0.2, 0.25) is 4.96 Å². The molecule has 4 aromatic rings. The molecule has 0 aliphatic carbocycles. The minimum absolute atomic E-state index is 0.564. The molecular weight excluding hydrogens is 388 g/mol. The lowest BCUT2D eigenvalue weighted by Crippen LogP contribution is -1.94. The molecule has 0 spiro atoms. The van der Waals surface area contributed by atoms with Crippen LogP contribution in [0, 0.1) is 0 Å². The van der Waals surface area contributed by atoms with Gasteiger partial charge in [0.25, 0.3) is 0 Å². The monoisotopic (exact) mass is 402 g/mol. The molecular formula is C18H15ClN4OS2. The lowest BCUT2D eigenvalue weighted by Gasteiger charge is -2.03. The van der Waals surface area contributed by atoms with E-state index in [1.54, 1.807) is 18.9 Å². The Labute approximate surface area is 164 Å². The number of benzene rings is 2. The van der Waals surface area contributed by atoms with Crippen molar-refractivity contribution in [3.63, 3.8) is 0 Å². The molecule has 0 N–H and O–H groups in total. The Morgan fingerprint density at radius 1 is 1.12 bits per heavy atom. The van der Waals surface area contributed by atoms with Crippen molar-refractivity contribution in [3.8, 4) is 16.3 Å². The second-order valence-corrected chi connectivity index (χ2v) is 7.89. The first-order chi connectivity index (χ1) is 12.7. The van der Waals surface area contributed by atoms with Gasteiger partial charge < -0.3 is 4.74 Å². The minimum atomic E-state index is 0.564. The van der Waals surface area contributed by atoms with E-state index in [0.717, 1.165) is 32.9 Å². The standard InChI is InChI=1S/C18H15ClN4OS2/c1-24-15-8-7-13(9-14(15)19)17-22-23-16(20-21-18(23)26-17)11-25-10-12-5-3-2-4-6-12/h2-9H,10-11H2,1H3.